The zero-order valence-electron chi connectivity index (χ0n) is 6.94. The number of aromatic nitrogens is 2. The third kappa shape index (κ3) is 1.14. The number of nitro groups is 1. The fraction of sp³-hybridized carbons (Fsp3) is 0.125. The molecular formula is C8H7N3O2. The molecule has 1 N–H and O–H groups in total. The summed E-state index contributed by atoms with van der Waals surface area (Å²) in [5.41, 5.74) is 2.48. The van der Waals surface area contributed by atoms with Crippen LogP contribution in [0.3, 0.4) is 0 Å². The second-order valence-corrected chi connectivity index (χ2v) is 2.82. The number of H-pyrrole nitrogens is 1. The average Bonchev–Trinajstić information content (AvgIpc) is 2.47. The molecule has 2 rings (SSSR count). The molecule has 0 aliphatic heterocycles. The largest absolute Gasteiger partial charge is 0.359 e. The van der Waals surface area contributed by atoms with E-state index in [2.05, 4.69) is 9.97 Å². The summed E-state index contributed by atoms with van der Waals surface area (Å²) in [4.78, 5) is 16.9. The molecule has 2 aromatic rings. The summed E-state index contributed by atoms with van der Waals surface area (Å²) in [5, 5.41) is 10.4. The summed E-state index contributed by atoms with van der Waals surface area (Å²) in [6.45, 7) is 1.90. The van der Waals surface area contributed by atoms with Gasteiger partial charge in [0.15, 0.2) is 0 Å². The van der Waals surface area contributed by atoms with Gasteiger partial charge in [-0.2, -0.15) is 0 Å². The van der Waals surface area contributed by atoms with Crippen LogP contribution in [0.25, 0.3) is 11.0 Å². The summed E-state index contributed by atoms with van der Waals surface area (Å²) in [5.74, 6) is 0. The predicted molar refractivity (Wildman–Crippen MR) is 47.5 cm³/mol. The zero-order chi connectivity index (χ0) is 9.42. The Bertz CT molecular complexity index is 475. The van der Waals surface area contributed by atoms with Crippen LogP contribution < -0.4 is 0 Å². The standard InChI is InChI=1S/C8H7N3O2/c1-5-3-9-7-2-6(11(12)13)4-10-8(5)7/h2-4,9H,1H3. The van der Waals surface area contributed by atoms with E-state index < -0.39 is 4.92 Å². The highest BCUT2D eigenvalue weighted by atomic mass is 16.6. The first-order chi connectivity index (χ1) is 6.18. The Labute approximate surface area is 73.6 Å². The molecule has 0 saturated heterocycles. The molecule has 0 fully saturated rings. The van der Waals surface area contributed by atoms with Crippen LogP contribution in [0.4, 0.5) is 5.69 Å². The Hall–Kier alpha value is -1.91. The lowest BCUT2D eigenvalue weighted by Gasteiger charge is -1.91. The van der Waals surface area contributed by atoms with Crippen LogP contribution in [0.2, 0.25) is 0 Å². The van der Waals surface area contributed by atoms with Gasteiger partial charge in [0, 0.05) is 12.3 Å². The summed E-state index contributed by atoms with van der Waals surface area (Å²) in [6, 6.07) is 1.48. The van der Waals surface area contributed by atoms with Gasteiger partial charge in [-0.1, -0.05) is 0 Å². The van der Waals surface area contributed by atoms with E-state index in [1.165, 1.54) is 12.3 Å². The Kier molecular flexibility index (Phi) is 1.51. The maximum absolute atomic E-state index is 10.4. The van der Waals surface area contributed by atoms with Crippen LogP contribution in [0, 0.1) is 17.0 Å². The van der Waals surface area contributed by atoms with Gasteiger partial charge in [-0.25, -0.2) is 4.98 Å². The SMILES string of the molecule is Cc1c[nH]c2cc([N+](=O)[O-])cnc12. The molecule has 0 unspecified atom stereocenters. The summed E-state index contributed by atoms with van der Waals surface area (Å²) in [6.07, 6.45) is 3.05. The highest BCUT2D eigenvalue weighted by molar-refractivity contribution is 5.80. The first-order valence-corrected chi connectivity index (χ1v) is 3.76. The third-order valence-corrected chi connectivity index (χ3v) is 1.90. The number of nitrogens with zero attached hydrogens (tertiary/aromatic N) is 2. The Morgan fingerprint density at radius 3 is 3.08 bits per heavy atom. The summed E-state index contributed by atoms with van der Waals surface area (Å²) in [7, 11) is 0. The third-order valence-electron chi connectivity index (χ3n) is 1.90. The maximum atomic E-state index is 10.4. The van der Waals surface area contributed by atoms with E-state index in [-0.39, 0.29) is 5.69 Å². The van der Waals surface area contributed by atoms with Crippen LogP contribution in [-0.4, -0.2) is 14.9 Å². The molecule has 0 atom stereocenters. The van der Waals surface area contributed by atoms with Gasteiger partial charge in [-0.3, -0.25) is 10.1 Å². The summed E-state index contributed by atoms with van der Waals surface area (Å²) < 4.78 is 0. The number of hydrogen-bond donors (Lipinski definition) is 1. The van der Waals surface area contributed by atoms with E-state index in [0.717, 1.165) is 11.1 Å². The lowest BCUT2D eigenvalue weighted by molar-refractivity contribution is -0.385. The Morgan fingerprint density at radius 2 is 2.38 bits per heavy atom. The van der Waals surface area contributed by atoms with Crippen molar-refractivity contribution in [3.8, 4) is 0 Å². The van der Waals surface area contributed by atoms with Crippen molar-refractivity contribution in [2.24, 2.45) is 0 Å². The van der Waals surface area contributed by atoms with Crippen molar-refractivity contribution in [2.45, 2.75) is 6.92 Å². The molecule has 2 heterocycles. The molecule has 0 aromatic carbocycles. The van der Waals surface area contributed by atoms with Crippen LogP contribution in [0.15, 0.2) is 18.5 Å². The Balaban J connectivity index is 2.70. The summed E-state index contributed by atoms with van der Waals surface area (Å²) >= 11 is 0. The molecule has 5 heteroatoms. The molecule has 0 aliphatic rings. The van der Waals surface area contributed by atoms with Crippen LogP contribution in [0.5, 0.6) is 0 Å². The lowest BCUT2D eigenvalue weighted by Crippen LogP contribution is -1.88. The second kappa shape index (κ2) is 2.55. The van der Waals surface area contributed by atoms with Crippen LogP contribution in [-0.2, 0) is 0 Å². The number of nitrogens with one attached hydrogen (secondary N) is 1. The quantitative estimate of drug-likeness (QED) is 0.533. The van der Waals surface area contributed by atoms with Gasteiger partial charge in [0.25, 0.3) is 5.69 Å². The highest BCUT2D eigenvalue weighted by Crippen LogP contribution is 2.19. The van der Waals surface area contributed by atoms with E-state index in [1.807, 2.05) is 6.92 Å². The van der Waals surface area contributed by atoms with Crippen molar-refractivity contribution in [2.75, 3.05) is 0 Å². The monoisotopic (exact) mass is 177 g/mol. The number of rotatable bonds is 1. The minimum Gasteiger partial charge on any atom is -0.359 e. The van der Waals surface area contributed by atoms with Crippen molar-refractivity contribution >= 4 is 16.7 Å². The number of aromatic amines is 1. The molecule has 66 valence electrons. The number of aryl methyl sites for hydroxylation is 1. The normalized spacial score (nSPS) is 10.5. The van der Waals surface area contributed by atoms with Crippen molar-refractivity contribution in [1.29, 1.82) is 0 Å². The van der Waals surface area contributed by atoms with E-state index >= 15 is 0 Å². The molecule has 13 heavy (non-hydrogen) atoms. The van der Waals surface area contributed by atoms with E-state index in [1.54, 1.807) is 6.20 Å². The fourth-order valence-electron chi connectivity index (χ4n) is 1.23. The smallest absolute Gasteiger partial charge is 0.289 e. The zero-order valence-corrected chi connectivity index (χ0v) is 6.94. The van der Waals surface area contributed by atoms with Gasteiger partial charge in [0.2, 0.25) is 0 Å². The van der Waals surface area contributed by atoms with Crippen molar-refractivity contribution < 1.29 is 4.92 Å². The topological polar surface area (TPSA) is 71.8 Å². The molecule has 0 spiro atoms. The number of pyridine rings is 1. The molecular weight excluding hydrogens is 170 g/mol. The molecule has 5 nitrogen and oxygen atoms in total. The van der Waals surface area contributed by atoms with Gasteiger partial charge < -0.3 is 4.98 Å². The fourth-order valence-corrected chi connectivity index (χ4v) is 1.23. The molecule has 0 amide bonds. The van der Waals surface area contributed by atoms with Gasteiger partial charge >= 0.3 is 0 Å². The van der Waals surface area contributed by atoms with E-state index in [0.29, 0.717) is 5.52 Å². The second-order valence-electron chi connectivity index (χ2n) is 2.82. The number of hydrogen-bond acceptors (Lipinski definition) is 3. The van der Waals surface area contributed by atoms with Crippen molar-refractivity contribution in [3.63, 3.8) is 0 Å². The predicted octanol–water partition coefficient (Wildman–Crippen LogP) is 1.78. The highest BCUT2D eigenvalue weighted by Gasteiger charge is 2.08. The Morgan fingerprint density at radius 1 is 1.62 bits per heavy atom. The lowest BCUT2D eigenvalue weighted by atomic mass is 10.3. The maximum Gasteiger partial charge on any atom is 0.289 e. The van der Waals surface area contributed by atoms with Gasteiger partial charge in [-0.05, 0) is 12.5 Å². The van der Waals surface area contributed by atoms with E-state index in [4.69, 9.17) is 0 Å². The molecule has 0 saturated carbocycles. The first-order valence-electron chi connectivity index (χ1n) is 3.76. The van der Waals surface area contributed by atoms with Crippen molar-refractivity contribution in [1.82, 2.24) is 9.97 Å². The van der Waals surface area contributed by atoms with Crippen LogP contribution >= 0.6 is 0 Å². The molecule has 0 bridgehead atoms. The van der Waals surface area contributed by atoms with E-state index in [9.17, 15) is 10.1 Å². The average molecular weight is 177 g/mol. The number of fused-ring (bicyclic) bond motifs is 1. The molecule has 2 aromatic heterocycles. The first kappa shape index (κ1) is 7.72. The van der Waals surface area contributed by atoms with Gasteiger partial charge in [0.05, 0.1) is 16.0 Å². The van der Waals surface area contributed by atoms with Crippen LogP contribution in [0.1, 0.15) is 5.56 Å². The molecule has 0 radical (unpaired) electrons. The van der Waals surface area contributed by atoms with Gasteiger partial charge in [-0.15, -0.1) is 0 Å². The minimum absolute atomic E-state index is 0.00866. The molecule has 0 aliphatic carbocycles. The van der Waals surface area contributed by atoms with Crippen molar-refractivity contribution in [3.05, 3.63) is 34.1 Å². The minimum atomic E-state index is -0.456. The van der Waals surface area contributed by atoms with Gasteiger partial charge in [0.1, 0.15) is 6.20 Å².